The Morgan fingerprint density at radius 2 is 1.85 bits per heavy atom. The first-order chi connectivity index (χ1) is 12.0. The maximum absolute atomic E-state index is 12.3. The van der Waals surface area contributed by atoms with E-state index < -0.39 is 4.92 Å². The summed E-state index contributed by atoms with van der Waals surface area (Å²) >= 11 is 0. The van der Waals surface area contributed by atoms with E-state index >= 15 is 0 Å². The maximum atomic E-state index is 12.3. The van der Waals surface area contributed by atoms with Crippen LogP contribution in [0, 0.1) is 24.0 Å². The molecule has 0 aliphatic rings. The zero-order valence-corrected chi connectivity index (χ0v) is 16.2. The number of amides is 1. The molecule has 1 atom stereocenters. The van der Waals surface area contributed by atoms with Crippen molar-refractivity contribution < 1.29 is 9.72 Å². The van der Waals surface area contributed by atoms with E-state index in [1.165, 1.54) is 10.2 Å². The van der Waals surface area contributed by atoms with Crippen molar-refractivity contribution in [1.82, 2.24) is 15.1 Å². The highest BCUT2D eigenvalue weighted by molar-refractivity contribution is 5.76. The number of aromatic nitrogens is 2. The van der Waals surface area contributed by atoms with Crippen LogP contribution in [0.2, 0.25) is 0 Å². The Morgan fingerprint density at radius 3 is 2.31 bits per heavy atom. The summed E-state index contributed by atoms with van der Waals surface area (Å²) in [4.78, 5) is 22.9. The first kappa shape index (κ1) is 19.6. The molecule has 1 heterocycles. The molecule has 7 nitrogen and oxygen atoms in total. The normalized spacial score (nSPS) is 12.7. The first-order valence-corrected chi connectivity index (χ1v) is 8.59. The van der Waals surface area contributed by atoms with Crippen LogP contribution in [0.4, 0.5) is 5.69 Å². The molecule has 140 valence electrons. The molecule has 2 rings (SSSR count). The largest absolute Gasteiger partial charge is 0.348 e. The average molecular weight is 358 g/mol. The number of nitrogens with zero attached hydrogens (tertiary/aromatic N) is 3. The Morgan fingerprint density at radius 1 is 1.27 bits per heavy atom. The van der Waals surface area contributed by atoms with E-state index in [1.807, 2.05) is 19.1 Å². The number of nitro groups is 1. The van der Waals surface area contributed by atoms with Gasteiger partial charge in [-0.25, -0.2) is 0 Å². The molecule has 1 unspecified atom stereocenters. The van der Waals surface area contributed by atoms with Gasteiger partial charge in [0.25, 0.3) is 0 Å². The lowest BCUT2D eigenvalue weighted by molar-refractivity contribution is -0.386. The first-order valence-electron chi connectivity index (χ1n) is 8.59. The van der Waals surface area contributed by atoms with Gasteiger partial charge in [-0.3, -0.25) is 19.6 Å². The minimum Gasteiger partial charge on any atom is -0.348 e. The topological polar surface area (TPSA) is 90.1 Å². The fourth-order valence-electron chi connectivity index (χ4n) is 2.88. The lowest BCUT2D eigenvalue weighted by Gasteiger charge is -2.20. The highest BCUT2D eigenvalue weighted by Crippen LogP contribution is 2.24. The highest BCUT2D eigenvalue weighted by Gasteiger charge is 2.23. The summed E-state index contributed by atoms with van der Waals surface area (Å²) in [6, 6.07) is 8.01. The van der Waals surface area contributed by atoms with Crippen LogP contribution in [0.15, 0.2) is 24.3 Å². The van der Waals surface area contributed by atoms with Gasteiger partial charge < -0.3 is 5.32 Å². The number of nitrogens with one attached hydrogen (secondary N) is 1. The monoisotopic (exact) mass is 358 g/mol. The van der Waals surface area contributed by atoms with Crippen LogP contribution in [0.1, 0.15) is 56.3 Å². The molecule has 0 aliphatic heterocycles. The van der Waals surface area contributed by atoms with Crippen molar-refractivity contribution in [2.75, 3.05) is 0 Å². The second-order valence-corrected chi connectivity index (χ2v) is 7.60. The molecule has 0 saturated carbocycles. The third-order valence-electron chi connectivity index (χ3n) is 4.47. The molecule has 1 amide bonds. The van der Waals surface area contributed by atoms with Crippen LogP contribution in [0.5, 0.6) is 0 Å². The van der Waals surface area contributed by atoms with Crippen LogP contribution in [-0.4, -0.2) is 20.6 Å². The molecule has 7 heteroatoms. The third-order valence-corrected chi connectivity index (χ3v) is 4.47. The van der Waals surface area contributed by atoms with Crippen LogP contribution in [0.3, 0.4) is 0 Å². The fraction of sp³-hybridized carbons (Fsp3) is 0.474. The zero-order chi connectivity index (χ0) is 19.6. The van der Waals surface area contributed by atoms with Gasteiger partial charge in [-0.2, -0.15) is 5.10 Å². The molecule has 0 saturated heterocycles. The number of carbonyl (C=O) groups is 1. The molecule has 0 spiro atoms. The summed E-state index contributed by atoms with van der Waals surface area (Å²) < 4.78 is 1.37. The number of benzene rings is 1. The van der Waals surface area contributed by atoms with Crippen molar-refractivity contribution in [1.29, 1.82) is 0 Å². The summed E-state index contributed by atoms with van der Waals surface area (Å²) in [5.41, 5.74) is 2.97. The number of carbonyl (C=O) groups excluding carboxylic acids is 1. The molecule has 0 aliphatic carbocycles. The smallest absolute Gasteiger partial charge is 0.312 e. The van der Waals surface area contributed by atoms with Gasteiger partial charge in [0, 0.05) is 0 Å². The van der Waals surface area contributed by atoms with E-state index in [-0.39, 0.29) is 29.6 Å². The predicted octanol–water partition coefficient (Wildman–Crippen LogP) is 3.58. The summed E-state index contributed by atoms with van der Waals surface area (Å²) in [6.45, 7) is 11.5. The average Bonchev–Trinajstić information content (AvgIpc) is 2.80. The maximum Gasteiger partial charge on any atom is 0.312 e. The van der Waals surface area contributed by atoms with Crippen LogP contribution >= 0.6 is 0 Å². The van der Waals surface area contributed by atoms with Gasteiger partial charge in [0.1, 0.15) is 17.9 Å². The van der Waals surface area contributed by atoms with E-state index in [0.717, 1.165) is 5.56 Å². The molecule has 0 radical (unpaired) electrons. The van der Waals surface area contributed by atoms with Crippen molar-refractivity contribution in [3.8, 4) is 0 Å². The van der Waals surface area contributed by atoms with Gasteiger partial charge in [0.05, 0.1) is 11.0 Å². The van der Waals surface area contributed by atoms with Gasteiger partial charge in [-0.15, -0.1) is 0 Å². The van der Waals surface area contributed by atoms with Crippen LogP contribution in [-0.2, 0) is 16.8 Å². The Bertz CT molecular complexity index is 817. The van der Waals surface area contributed by atoms with Crippen molar-refractivity contribution in [2.24, 2.45) is 0 Å². The van der Waals surface area contributed by atoms with Gasteiger partial charge in [0.2, 0.25) is 5.91 Å². The predicted molar refractivity (Wildman–Crippen MR) is 100 cm³/mol. The van der Waals surface area contributed by atoms with Crippen molar-refractivity contribution in [3.05, 3.63) is 56.9 Å². The fourth-order valence-corrected chi connectivity index (χ4v) is 2.88. The lowest BCUT2D eigenvalue weighted by atomic mass is 9.86. The summed E-state index contributed by atoms with van der Waals surface area (Å²) in [6.07, 6.45) is 0. The van der Waals surface area contributed by atoms with Crippen molar-refractivity contribution in [3.63, 3.8) is 0 Å². The minimum absolute atomic E-state index is 0.0383. The van der Waals surface area contributed by atoms with Crippen LogP contribution < -0.4 is 5.32 Å². The van der Waals surface area contributed by atoms with E-state index in [0.29, 0.717) is 11.4 Å². The molecular formula is C19H26N4O3. The summed E-state index contributed by atoms with van der Waals surface area (Å²) in [7, 11) is 0. The molecule has 1 aromatic heterocycles. The second kappa shape index (κ2) is 7.27. The Labute approximate surface area is 153 Å². The Balaban J connectivity index is 2.06. The SMILES string of the molecule is Cc1nn(CC(=O)NC(C)c2ccc(C(C)(C)C)cc2)c(C)c1[N+](=O)[O-]. The van der Waals surface area contributed by atoms with Gasteiger partial charge >= 0.3 is 5.69 Å². The molecule has 26 heavy (non-hydrogen) atoms. The summed E-state index contributed by atoms with van der Waals surface area (Å²) in [5.74, 6) is -0.238. The molecule has 2 aromatic rings. The van der Waals surface area contributed by atoms with E-state index in [9.17, 15) is 14.9 Å². The van der Waals surface area contributed by atoms with E-state index in [4.69, 9.17) is 0 Å². The Hall–Kier alpha value is -2.70. The standard InChI is InChI=1S/C19H26N4O3/c1-12(15-7-9-16(10-8-15)19(4,5)6)20-17(24)11-22-14(3)18(23(25)26)13(2)21-22/h7-10,12H,11H2,1-6H3,(H,20,24). The molecule has 1 aromatic carbocycles. The molecule has 0 fully saturated rings. The van der Waals surface area contributed by atoms with Crippen molar-refractivity contribution >= 4 is 11.6 Å². The van der Waals surface area contributed by atoms with Crippen LogP contribution in [0.25, 0.3) is 0 Å². The minimum atomic E-state index is -0.467. The van der Waals surface area contributed by atoms with Gasteiger partial charge in [-0.05, 0) is 37.3 Å². The zero-order valence-electron chi connectivity index (χ0n) is 16.2. The molecular weight excluding hydrogens is 332 g/mol. The van der Waals surface area contributed by atoms with Gasteiger partial charge in [-0.1, -0.05) is 45.0 Å². The Kier molecular flexibility index (Phi) is 5.49. The lowest BCUT2D eigenvalue weighted by Crippen LogP contribution is -2.30. The summed E-state index contributed by atoms with van der Waals surface area (Å²) in [5, 5.41) is 18.1. The quantitative estimate of drug-likeness (QED) is 0.653. The molecule has 0 bridgehead atoms. The number of rotatable bonds is 5. The number of hydrogen-bond donors (Lipinski definition) is 1. The third kappa shape index (κ3) is 4.28. The number of hydrogen-bond acceptors (Lipinski definition) is 4. The molecule has 1 N–H and O–H groups in total. The van der Waals surface area contributed by atoms with E-state index in [1.54, 1.807) is 13.8 Å². The number of aryl methyl sites for hydroxylation is 1. The van der Waals surface area contributed by atoms with Crippen molar-refractivity contribution in [2.45, 2.75) is 59.5 Å². The van der Waals surface area contributed by atoms with Gasteiger partial charge in [0.15, 0.2) is 0 Å². The highest BCUT2D eigenvalue weighted by atomic mass is 16.6. The van der Waals surface area contributed by atoms with E-state index in [2.05, 4.69) is 43.3 Å². The second-order valence-electron chi connectivity index (χ2n) is 7.60.